The Labute approximate surface area is 325 Å². The smallest absolute Gasteiger partial charge is 0.407 e. The first-order valence-electron chi connectivity index (χ1n) is 18.0. The highest BCUT2D eigenvalue weighted by molar-refractivity contribution is 5.96. The number of benzene rings is 2. The largest absolute Gasteiger partial charge is 0.484 e. The standard InChI is InChI=1S/C40H50N8O8/c1-21(2)33(35(49)27(17-31(41)53-5)47-39(51)55-7)37-43-19-29(45-37)25-13-9-23(10-14-25)24-11-15-26(16-12-24)30-20-44-38(46-30)34(22(3)4)36(50)28(18-32(42)54-6)48-40(52)56-8/h9-16,19-22,27-28,33-34,41-42H,17-18H2,1-8H3,(H,43,45)(H,44,46)(H,47,51)(H,48,52)/t27-,28-,33+,34+/m0/s1. The number of aromatic nitrogens is 4. The van der Waals surface area contributed by atoms with E-state index in [1.165, 1.54) is 28.4 Å². The quantitative estimate of drug-likeness (QED) is 0.0523. The minimum atomic E-state index is -1.05. The van der Waals surface area contributed by atoms with Crippen LogP contribution in [0, 0.1) is 22.7 Å². The number of hydrogen-bond donors (Lipinski definition) is 6. The molecule has 4 atom stereocenters. The molecule has 4 aromatic rings. The lowest BCUT2D eigenvalue weighted by Crippen LogP contribution is -2.45. The predicted octanol–water partition coefficient (Wildman–Crippen LogP) is 6.23. The van der Waals surface area contributed by atoms with Crippen molar-refractivity contribution in [3.05, 3.63) is 72.6 Å². The Morgan fingerprint density at radius 1 is 0.571 bits per heavy atom. The number of nitrogens with zero attached hydrogens (tertiary/aromatic N) is 2. The first-order chi connectivity index (χ1) is 26.7. The van der Waals surface area contributed by atoms with Gasteiger partial charge in [-0.1, -0.05) is 76.2 Å². The zero-order chi connectivity index (χ0) is 41.1. The summed E-state index contributed by atoms with van der Waals surface area (Å²) in [7, 11) is 5.07. The van der Waals surface area contributed by atoms with Gasteiger partial charge in [0.2, 0.25) is 0 Å². The number of carbonyl (C=O) groups is 4. The first-order valence-corrected chi connectivity index (χ1v) is 18.0. The molecule has 0 aliphatic carbocycles. The Hall–Kier alpha value is -6.32. The molecule has 0 saturated heterocycles. The Morgan fingerprint density at radius 3 is 1.18 bits per heavy atom. The molecule has 0 aliphatic rings. The van der Waals surface area contributed by atoms with Gasteiger partial charge in [0, 0.05) is 0 Å². The van der Waals surface area contributed by atoms with Gasteiger partial charge in [0.1, 0.15) is 23.7 Å². The highest BCUT2D eigenvalue weighted by Crippen LogP contribution is 2.31. The maximum Gasteiger partial charge on any atom is 0.407 e. The van der Waals surface area contributed by atoms with E-state index in [0.29, 0.717) is 23.0 Å². The van der Waals surface area contributed by atoms with Crippen molar-refractivity contribution in [1.29, 1.82) is 10.8 Å². The predicted molar refractivity (Wildman–Crippen MR) is 210 cm³/mol. The summed E-state index contributed by atoms with van der Waals surface area (Å²) in [5, 5.41) is 20.9. The van der Waals surface area contributed by atoms with E-state index in [9.17, 15) is 19.2 Å². The van der Waals surface area contributed by atoms with Crippen molar-refractivity contribution in [2.24, 2.45) is 11.8 Å². The molecule has 2 amide bonds. The van der Waals surface area contributed by atoms with Crippen LogP contribution in [-0.2, 0) is 28.5 Å². The van der Waals surface area contributed by atoms with E-state index in [1.54, 1.807) is 12.4 Å². The van der Waals surface area contributed by atoms with Crippen LogP contribution in [0.25, 0.3) is 33.6 Å². The molecular formula is C40H50N8O8. The molecule has 298 valence electrons. The van der Waals surface area contributed by atoms with Crippen LogP contribution in [0.3, 0.4) is 0 Å². The summed E-state index contributed by atoms with van der Waals surface area (Å²) < 4.78 is 19.3. The van der Waals surface area contributed by atoms with E-state index in [1.807, 2.05) is 76.2 Å². The fraction of sp³-hybridized carbons (Fsp3) is 0.400. The summed E-state index contributed by atoms with van der Waals surface area (Å²) in [6.45, 7) is 7.55. The molecule has 0 unspecified atom stereocenters. The third-order valence-corrected chi connectivity index (χ3v) is 9.37. The number of amides is 2. The van der Waals surface area contributed by atoms with E-state index < -0.39 is 36.1 Å². The van der Waals surface area contributed by atoms with Gasteiger partial charge in [-0.3, -0.25) is 20.4 Å². The van der Waals surface area contributed by atoms with E-state index in [2.05, 4.69) is 30.6 Å². The molecule has 0 spiro atoms. The molecule has 0 bridgehead atoms. The number of ether oxygens (including phenoxy) is 4. The molecule has 0 fully saturated rings. The number of ketones is 2. The molecule has 6 N–H and O–H groups in total. The van der Waals surface area contributed by atoms with E-state index >= 15 is 0 Å². The molecule has 0 saturated carbocycles. The second kappa shape index (κ2) is 19.3. The summed E-state index contributed by atoms with van der Waals surface area (Å²) in [6.07, 6.45) is 1.50. The van der Waals surface area contributed by atoms with Crippen LogP contribution < -0.4 is 10.6 Å². The van der Waals surface area contributed by atoms with Gasteiger partial charge in [0.05, 0.1) is 76.9 Å². The lowest BCUT2D eigenvalue weighted by molar-refractivity contribution is -0.124. The normalized spacial score (nSPS) is 13.2. The molecule has 0 aliphatic heterocycles. The van der Waals surface area contributed by atoms with Crippen LogP contribution in [0.15, 0.2) is 60.9 Å². The number of alkyl carbamates (subject to hydrolysis) is 2. The van der Waals surface area contributed by atoms with Gasteiger partial charge in [-0.2, -0.15) is 0 Å². The monoisotopic (exact) mass is 770 g/mol. The Balaban J connectivity index is 1.50. The summed E-state index contributed by atoms with van der Waals surface area (Å²) in [5.41, 5.74) is 5.06. The third kappa shape index (κ3) is 10.5. The second-order valence-electron chi connectivity index (χ2n) is 13.8. The van der Waals surface area contributed by atoms with Gasteiger partial charge in [-0.25, -0.2) is 19.6 Å². The van der Waals surface area contributed by atoms with Crippen molar-refractivity contribution in [3.63, 3.8) is 0 Å². The number of Topliss-reactive ketones (excluding diaryl/α,β-unsaturated/α-hetero) is 2. The second-order valence-corrected chi connectivity index (χ2v) is 13.8. The molecule has 0 radical (unpaired) electrons. The minimum Gasteiger partial charge on any atom is -0.484 e. The summed E-state index contributed by atoms with van der Waals surface area (Å²) in [4.78, 5) is 67.1. The number of imidazole rings is 2. The number of carbonyl (C=O) groups excluding carboxylic acids is 4. The number of aromatic amines is 2. The van der Waals surface area contributed by atoms with Gasteiger partial charge in [-0.15, -0.1) is 0 Å². The van der Waals surface area contributed by atoms with Gasteiger partial charge < -0.3 is 39.5 Å². The molecular weight excluding hydrogens is 720 g/mol. The van der Waals surface area contributed by atoms with Gasteiger partial charge in [0.25, 0.3) is 0 Å². The van der Waals surface area contributed by atoms with Crippen molar-refractivity contribution in [3.8, 4) is 33.6 Å². The van der Waals surface area contributed by atoms with Gasteiger partial charge in [-0.05, 0) is 34.1 Å². The summed E-state index contributed by atoms with van der Waals surface area (Å²) >= 11 is 0. The fourth-order valence-electron chi connectivity index (χ4n) is 6.34. The SMILES string of the molecule is COC(=N)C[C@H](NC(=O)OC)C(=O)[C@H](c1ncc(-c2ccc(-c3ccc(-c4cnc([C@@H](C(=O)[C@H](CC(=N)OC)NC(=O)OC)C(C)C)[nH]4)cc3)cc2)[nH]1)C(C)C. The highest BCUT2D eigenvalue weighted by atomic mass is 16.5. The van der Waals surface area contributed by atoms with Crippen LogP contribution in [0.1, 0.15) is 64.0 Å². The van der Waals surface area contributed by atoms with Crippen LogP contribution in [-0.4, -0.2) is 96.0 Å². The number of hydrogen-bond acceptors (Lipinski definition) is 12. The average Bonchev–Trinajstić information content (AvgIpc) is 3.88. The van der Waals surface area contributed by atoms with Crippen molar-refractivity contribution < 1.29 is 38.1 Å². The number of nitrogens with one attached hydrogen (secondary N) is 6. The highest BCUT2D eigenvalue weighted by Gasteiger charge is 2.36. The van der Waals surface area contributed by atoms with Crippen LogP contribution in [0.2, 0.25) is 0 Å². The van der Waals surface area contributed by atoms with Crippen molar-refractivity contribution in [2.45, 2.75) is 64.5 Å². The average molecular weight is 771 g/mol. The van der Waals surface area contributed by atoms with E-state index in [4.69, 9.17) is 29.8 Å². The zero-order valence-electron chi connectivity index (χ0n) is 32.8. The van der Waals surface area contributed by atoms with Gasteiger partial charge >= 0.3 is 12.2 Å². The Kier molecular flexibility index (Phi) is 14.6. The molecule has 2 aromatic heterocycles. The van der Waals surface area contributed by atoms with E-state index in [-0.39, 0.29) is 48.0 Å². The molecule has 2 heterocycles. The molecule has 16 heteroatoms. The van der Waals surface area contributed by atoms with Crippen LogP contribution in [0.5, 0.6) is 0 Å². The van der Waals surface area contributed by atoms with Crippen LogP contribution in [0.4, 0.5) is 9.59 Å². The molecule has 4 rings (SSSR count). The fourth-order valence-corrected chi connectivity index (χ4v) is 6.34. The first kappa shape index (κ1) is 42.4. The van der Waals surface area contributed by atoms with Crippen molar-refractivity contribution >= 4 is 35.5 Å². The number of methoxy groups -OCH3 is 4. The van der Waals surface area contributed by atoms with Crippen molar-refractivity contribution in [1.82, 2.24) is 30.6 Å². The molecule has 56 heavy (non-hydrogen) atoms. The van der Waals surface area contributed by atoms with E-state index in [0.717, 1.165) is 22.3 Å². The molecule has 16 nitrogen and oxygen atoms in total. The summed E-state index contributed by atoms with van der Waals surface area (Å²) in [6, 6.07) is 13.7. The maximum atomic E-state index is 13.7. The minimum absolute atomic E-state index is 0.131. The number of rotatable bonds is 17. The zero-order valence-corrected chi connectivity index (χ0v) is 32.8. The lowest BCUT2D eigenvalue weighted by Gasteiger charge is -2.24. The topological polar surface area (TPSA) is 234 Å². The van der Waals surface area contributed by atoms with Crippen molar-refractivity contribution in [2.75, 3.05) is 28.4 Å². The lowest BCUT2D eigenvalue weighted by atomic mass is 9.86. The number of H-pyrrole nitrogens is 2. The molecule has 2 aromatic carbocycles. The summed E-state index contributed by atoms with van der Waals surface area (Å²) in [5.74, 6) is -1.83. The Bertz CT molecular complexity index is 1820. The van der Waals surface area contributed by atoms with Crippen LogP contribution >= 0.6 is 0 Å². The Morgan fingerprint density at radius 2 is 0.893 bits per heavy atom. The third-order valence-electron chi connectivity index (χ3n) is 9.37. The van der Waals surface area contributed by atoms with Gasteiger partial charge in [0.15, 0.2) is 23.4 Å². The maximum absolute atomic E-state index is 13.7.